The number of hydrogen-bond acceptors (Lipinski definition) is 4. The van der Waals surface area contributed by atoms with Gasteiger partial charge in [0.2, 0.25) is 0 Å². The molecule has 1 fully saturated rings. The number of aromatic nitrogens is 1. The highest BCUT2D eigenvalue weighted by atomic mass is 32.1. The maximum atomic E-state index is 12.4. The molecule has 0 aromatic carbocycles. The van der Waals surface area contributed by atoms with Gasteiger partial charge in [0.15, 0.2) is 0 Å². The number of rotatable bonds is 3. The van der Waals surface area contributed by atoms with Gasteiger partial charge in [0.1, 0.15) is 4.88 Å². The molecule has 1 aromatic heterocycles. The molecule has 0 radical (unpaired) electrons. The van der Waals surface area contributed by atoms with E-state index >= 15 is 0 Å². The number of amides is 1. The van der Waals surface area contributed by atoms with E-state index in [4.69, 9.17) is 0 Å². The molecular formula is C12H19N3OS. The number of thiazole rings is 1. The number of likely N-dealkylation sites (tertiary alicyclic amines) is 1. The summed E-state index contributed by atoms with van der Waals surface area (Å²) in [6.07, 6.45) is 5.14. The van der Waals surface area contributed by atoms with Crippen molar-refractivity contribution in [2.45, 2.75) is 32.2 Å². The molecule has 1 atom stereocenters. The van der Waals surface area contributed by atoms with Gasteiger partial charge in [0.25, 0.3) is 5.91 Å². The van der Waals surface area contributed by atoms with Gasteiger partial charge in [-0.25, -0.2) is 4.98 Å². The molecule has 1 aliphatic rings. The highest BCUT2D eigenvalue weighted by Crippen LogP contribution is 2.21. The Bertz CT molecular complexity index is 389. The molecule has 0 spiro atoms. The van der Waals surface area contributed by atoms with Crippen LogP contribution in [0.2, 0.25) is 0 Å². The van der Waals surface area contributed by atoms with Gasteiger partial charge in [-0.3, -0.25) is 4.79 Å². The van der Waals surface area contributed by atoms with Gasteiger partial charge in [-0.2, -0.15) is 0 Å². The molecule has 0 saturated carbocycles. The maximum absolute atomic E-state index is 12.4. The fourth-order valence-electron chi connectivity index (χ4n) is 2.32. The number of nitrogens with one attached hydrogen (secondary N) is 1. The van der Waals surface area contributed by atoms with Crippen LogP contribution in [-0.2, 0) is 0 Å². The molecule has 1 unspecified atom stereocenters. The number of carbonyl (C=O) groups excluding carboxylic acids is 1. The van der Waals surface area contributed by atoms with Crippen molar-refractivity contribution < 1.29 is 4.79 Å². The van der Waals surface area contributed by atoms with Gasteiger partial charge < -0.3 is 10.2 Å². The molecule has 17 heavy (non-hydrogen) atoms. The number of piperidine rings is 1. The van der Waals surface area contributed by atoms with E-state index in [-0.39, 0.29) is 5.91 Å². The minimum Gasteiger partial charge on any atom is -0.334 e. The first-order valence-corrected chi connectivity index (χ1v) is 6.92. The second kappa shape index (κ2) is 5.60. The quantitative estimate of drug-likeness (QED) is 0.891. The molecule has 94 valence electrons. The molecule has 5 heteroatoms. The third-order valence-electron chi connectivity index (χ3n) is 3.16. The monoisotopic (exact) mass is 253 g/mol. The SMILES string of the molecule is CNCC1CCCCN1C(=O)c1cnc(C)s1. The lowest BCUT2D eigenvalue weighted by molar-refractivity contribution is 0.0620. The van der Waals surface area contributed by atoms with Crippen molar-refractivity contribution in [2.24, 2.45) is 0 Å². The number of carbonyl (C=O) groups is 1. The average molecular weight is 253 g/mol. The van der Waals surface area contributed by atoms with Crippen LogP contribution in [-0.4, -0.2) is 42.0 Å². The van der Waals surface area contributed by atoms with Crippen molar-refractivity contribution in [3.05, 3.63) is 16.1 Å². The van der Waals surface area contributed by atoms with Gasteiger partial charge >= 0.3 is 0 Å². The minimum absolute atomic E-state index is 0.149. The molecular weight excluding hydrogens is 234 g/mol. The van der Waals surface area contributed by atoms with E-state index in [1.54, 1.807) is 6.20 Å². The van der Waals surface area contributed by atoms with E-state index in [0.29, 0.717) is 6.04 Å². The van der Waals surface area contributed by atoms with Crippen LogP contribution < -0.4 is 5.32 Å². The Morgan fingerprint density at radius 1 is 1.65 bits per heavy atom. The molecule has 2 heterocycles. The molecule has 1 amide bonds. The Morgan fingerprint density at radius 3 is 3.12 bits per heavy atom. The van der Waals surface area contributed by atoms with E-state index in [2.05, 4.69) is 10.3 Å². The van der Waals surface area contributed by atoms with Crippen molar-refractivity contribution >= 4 is 17.2 Å². The van der Waals surface area contributed by atoms with E-state index in [9.17, 15) is 4.79 Å². The van der Waals surface area contributed by atoms with Crippen LogP contribution in [0.1, 0.15) is 33.9 Å². The second-order valence-electron chi connectivity index (χ2n) is 4.45. The summed E-state index contributed by atoms with van der Waals surface area (Å²) in [5, 5.41) is 4.13. The Kier molecular flexibility index (Phi) is 4.12. The molecule has 0 bridgehead atoms. The first-order chi connectivity index (χ1) is 8.22. The summed E-state index contributed by atoms with van der Waals surface area (Å²) in [4.78, 5) is 19.3. The van der Waals surface area contributed by atoms with Crippen LogP contribution in [0.25, 0.3) is 0 Å². The molecule has 0 aliphatic carbocycles. The molecule has 1 aliphatic heterocycles. The van der Waals surface area contributed by atoms with Gasteiger partial charge in [-0.15, -0.1) is 11.3 Å². The van der Waals surface area contributed by atoms with Gasteiger partial charge in [0, 0.05) is 19.1 Å². The van der Waals surface area contributed by atoms with Crippen molar-refractivity contribution in [3.8, 4) is 0 Å². The highest BCUT2D eigenvalue weighted by Gasteiger charge is 2.27. The van der Waals surface area contributed by atoms with Crippen molar-refractivity contribution in [2.75, 3.05) is 20.1 Å². The Balaban J connectivity index is 2.10. The molecule has 2 rings (SSSR count). The summed E-state index contributed by atoms with van der Waals surface area (Å²) in [6.45, 7) is 3.69. The maximum Gasteiger partial charge on any atom is 0.265 e. The lowest BCUT2D eigenvalue weighted by Crippen LogP contribution is -2.47. The summed E-state index contributed by atoms with van der Waals surface area (Å²) >= 11 is 1.49. The lowest BCUT2D eigenvalue weighted by Gasteiger charge is -2.35. The smallest absolute Gasteiger partial charge is 0.265 e. The highest BCUT2D eigenvalue weighted by molar-refractivity contribution is 7.13. The standard InChI is InChI=1S/C12H19N3OS/c1-9-14-8-11(17-9)12(16)15-6-4-3-5-10(15)7-13-2/h8,10,13H,3-7H2,1-2H3. The fraction of sp³-hybridized carbons (Fsp3) is 0.667. The van der Waals surface area contributed by atoms with Gasteiger partial charge in [0.05, 0.1) is 11.2 Å². The van der Waals surface area contributed by atoms with Gasteiger partial charge in [-0.1, -0.05) is 0 Å². The Hall–Kier alpha value is -0.940. The summed E-state index contributed by atoms with van der Waals surface area (Å²) in [5.74, 6) is 0.149. The number of likely N-dealkylation sites (N-methyl/N-ethyl adjacent to an activating group) is 1. The Labute approximate surface area is 106 Å². The summed E-state index contributed by atoms with van der Waals surface area (Å²) < 4.78 is 0. The van der Waals surface area contributed by atoms with E-state index in [1.807, 2.05) is 18.9 Å². The minimum atomic E-state index is 0.149. The zero-order valence-corrected chi connectivity index (χ0v) is 11.2. The number of aryl methyl sites for hydroxylation is 1. The van der Waals surface area contributed by atoms with Crippen molar-refractivity contribution in [3.63, 3.8) is 0 Å². The summed E-state index contributed by atoms with van der Waals surface area (Å²) in [7, 11) is 1.94. The van der Waals surface area contributed by atoms with Crippen LogP contribution in [0.5, 0.6) is 0 Å². The Morgan fingerprint density at radius 2 is 2.47 bits per heavy atom. The second-order valence-corrected chi connectivity index (χ2v) is 5.68. The van der Waals surface area contributed by atoms with Crippen LogP contribution in [0.3, 0.4) is 0 Å². The normalized spacial score (nSPS) is 20.6. The van der Waals surface area contributed by atoms with Crippen molar-refractivity contribution in [1.82, 2.24) is 15.2 Å². The van der Waals surface area contributed by atoms with Crippen molar-refractivity contribution in [1.29, 1.82) is 0 Å². The predicted molar refractivity (Wildman–Crippen MR) is 69.5 cm³/mol. The molecule has 1 saturated heterocycles. The average Bonchev–Trinajstić information content (AvgIpc) is 2.76. The first kappa shape index (κ1) is 12.5. The molecule has 1 aromatic rings. The number of hydrogen-bond donors (Lipinski definition) is 1. The van der Waals surface area contributed by atoms with Crippen LogP contribution >= 0.6 is 11.3 Å². The topological polar surface area (TPSA) is 45.2 Å². The van der Waals surface area contributed by atoms with Crippen LogP contribution in [0.4, 0.5) is 0 Å². The predicted octanol–water partition coefficient (Wildman–Crippen LogP) is 1.67. The molecule has 1 N–H and O–H groups in total. The third kappa shape index (κ3) is 2.84. The van der Waals surface area contributed by atoms with E-state index in [1.165, 1.54) is 17.8 Å². The van der Waals surface area contributed by atoms with Crippen LogP contribution in [0.15, 0.2) is 6.20 Å². The third-order valence-corrected chi connectivity index (χ3v) is 4.06. The summed E-state index contributed by atoms with van der Waals surface area (Å²) in [6, 6.07) is 0.337. The van der Waals surface area contributed by atoms with Gasteiger partial charge in [-0.05, 0) is 33.2 Å². The zero-order chi connectivity index (χ0) is 12.3. The lowest BCUT2D eigenvalue weighted by atomic mass is 10.0. The van der Waals surface area contributed by atoms with E-state index < -0.39 is 0 Å². The zero-order valence-electron chi connectivity index (χ0n) is 10.4. The van der Waals surface area contributed by atoms with E-state index in [0.717, 1.165) is 35.8 Å². The fourth-order valence-corrected chi connectivity index (χ4v) is 3.05. The largest absolute Gasteiger partial charge is 0.334 e. The number of nitrogens with zero attached hydrogens (tertiary/aromatic N) is 2. The van der Waals surface area contributed by atoms with Crippen LogP contribution in [0, 0.1) is 6.92 Å². The molecule has 4 nitrogen and oxygen atoms in total. The summed E-state index contributed by atoms with van der Waals surface area (Å²) in [5.41, 5.74) is 0. The first-order valence-electron chi connectivity index (χ1n) is 6.10.